The third-order valence-electron chi connectivity index (χ3n) is 4.14. The summed E-state index contributed by atoms with van der Waals surface area (Å²) >= 11 is 0. The molecule has 0 radical (unpaired) electrons. The minimum absolute atomic E-state index is 0.0360. The highest BCUT2D eigenvalue weighted by Crippen LogP contribution is 2.06. The van der Waals surface area contributed by atoms with Crippen molar-refractivity contribution in [3.05, 3.63) is 24.2 Å². The number of piperazine rings is 1. The fourth-order valence-electron chi connectivity index (χ4n) is 2.68. The molecule has 1 aliphatic rings. The van der Waals surface area contributed by atoms with E-state index < -0.39 is 6.10 Å². The Morgan fingerprint density at radius 2 is 2.14 bits per heavy atom. The Kier molecular flexibility index (Phi) is 6.42. The summed E-state index contributed by atoms with van der Waals surface area (Å²) in [4.78, 5) is 18.2. The number of likely N-dealkylation sites (N-methyl/N-ethyl adjacent to an activating group) is 2. The van der Waals surface area contributed by atoms with Crippen LogP contribution in [0.5, 0.6) is 0 Å². The van der Waals surface area contributed by atoms with Crippen LogP contribution in [0.4, 0.5) is 0 Å². The summed E-state index contributed by atoms with van der Waals surface area (Å²) in [7, 11) is 3.86. The second kappa shape index (κ2) is 8.31. The number of aryl methyl sites for hydroxylation is 1. The standard InChI is InChI=1S/C16H27N3O3/c1-17-7-9-19(10-8-17)13-14(20)12-18(2)16(21)6-5-15-4-3-11-22-15/h3-4,11,14,20H,5-10,12-13H2,1-2H3. The molecular formula is C16H27N3O3. The number of carbonyl (C=O) groups excluding carboxylic acids is 1. The van der Waals surface area contributed by atoms with Gasteiger partial charge >= 0.3 is 0 Å². The Morgan fingerprint density at radius 1 is 1.41 bits per heavy atom. The molecule has 6 heteroatoms. The maximum absolute atomic E-state index is 12.1. The van der Waals surface area contributed by atoms with Crippen molar-refractivity contribution in [2.24, 2.45) is 0 Å². The quantitative estimate of drug-likeness (QED) is 0.784. The fourth-order valence-corrected chi connectivity index (χ4v) is 2.68. The normalized spacial score (nSPS) is 18.3. The highest BCUT2D eigenvalue weighted by molar-refractivity contribution is 5.76. The summed E-state index contributed by atoms with van der Waals surface area (Å²) < 4.78 is 5.22. The summed E-state index contributed by atoms with van der Waals surface area (Å²) in [5.74, 6) is 0.855. The van der Waals surface area contributed by atoms with Crippen LogP contribution in [0.2, 0.25) is 0 Å². The lowest BCUT2D eigenvalue weighted by Crippen LogP contribution is -2.49. The molecule has 2 heterocycles. The molecule has 0 saturated carbocycles. The first-order valence-corrected chi connectivity index (χ1v) is 7.90. The second-order valence-electron chi connectivity index (χ2n) is 6.11. The zero-order valence-electron chi connectivity index (χ0n) is 13.6. The van der Waals surface area contributed by atoms with Gasteiger partial charge in [0.1, 0.15) is 5.76 Å². The first-order valence-electron chi connectivity index (χ1n) is 7.90. The Balaban J connectivity index is 1.66. The highest BCUT2D eigenvalue weighted by atomic mass is 16.3. The summed E-state index contributed by atoms with van der Waals surface area (Å²) in [6.07, 6.45) is 2.13. The molecule has 0 spiro atoms. The molecule has 1 aromatic heterocycles. The van der Waals surface area contributed by atoms with Crippen molar-refractivity contribution >= 4 is 5.91 Å². The van der Waals surface area contributed by atoms with E-state index in [0.717, 1.165) is 31.9 Å². The van der Waals surface area contributed by atoms with Crippen molar-refractivity contribution in [1.82, 2.24) is 14.7 Å². The zero-order valence-corrected chi connectivity index (χ0v) is 13.6. The molecule has 0 aliphatic carbocycles. The number of carbonyl (C=O) groups is 1. The van der Waals surface area contributed by atoms with Gasteiger partial charge < -0.3 is 19.3 Å². The summed E-state index contributed by atoms with van der Waals surface area (Å²) in [5, 5.41) is 10.2. The average Bonchev–Trinajstić information content (AvgIpc) is 3.00. The van der Waals surface area contributed by atoms with E-state index in [1.165, 1.54) is 0 Å². The molecule has 1 atom stereocenters. The number of β-amino-alcohol motifs (C(OH)–C–C–N with tert-alkyl or cyclic N) is 1. The van der Waals surface area contributed by atoms with Gasteiger partial charge in [-0.25, -0.2) is 0 Å². The smallest absolute Gasteiger partial charge is 0.222 e. The third-order valence-corrected chi connectivity index (χ3v) is 4.14. The van der Waals surface area contributed by atoms with Crippen LogP contribution in [-0.4, -0.2) is 85.2 Å². The fraction of sp³-hybridized carbons (Fsp3) is 0.688. The van der Waals surface area contributed by atoms with Crippen LogP contribution < -0.4 is 0 Å². The molecule has 1 saturated heterocycles. The highest BCUT2D eigenvalue weighted by Gasteiger charge is 2.19. The Hall–Kier alpha value is -1.37. The lowest BCUT2D eigenvalue weighted by atomic mass is 10.2. The maximum Gasteiger partial charge on any atom is 0.222 e. The minimum Gasteiger partial charge on any atom is -0.469 e. The summed E-state index contributed by atoms with van der Waals surface area (Å²) in [6, 6.07) is 3.69. The number of rotatable bonds is 7. The molecule has 1 amide bonds. The number of furan rings is 1. The van der Waals surface area contributed by atoms with Gasteiger partial charge in [0.2, 0.25) is 5.91 Å². The largest absolute Gasteiger partial charge is 0.469 e. The van der Waals surface area contributed by atoms with Crippen LogP contribution in [0.15, 0.2) is 22.8 Å². The predicted molar refractivity (Wildman–Crippen MR) is 84.6 cm³/mol. The van der Waals surface area contributed by atoms with Crippen molar-refractivity contribution in [3.8, 4) is 0 Å². The van der Waals surface area contributed by atoms with E-state index in [9.17, 15) is 9.90 Å². The van der Waals surface area contributed by atoms with E-state index in [2.05, 4.69) is 16.8 Å². The number of amides is 1. The molecule has 1 aromatic rings. The molecular weight excluding hydrogens is 282 g/mol. The van der Waals surface area contributed by atoms with Crippen LogP contribution in [0.25, 0.3) is 0 Å². The van der Waals surface area contributed by atoms with Crippen LogP contribution in [-0.2, 0) is 11.2 Å². The van der Waals surface area contributed by atoms with Crippen molar-refractivity contribution in [2.75, 3.05) is 53.4 Å². The molecule has 22 heavy (non-hydrogen) atoms. The Bertz CT molecular complexity index is 441. The maximum atomic E-state index is 12.1. The van der Waals surface area contributed by atoms with Gasteiger partial charge in [-0.1, -0.05) is 0 Å². The second-order valence-corrected chi connectivity index (χ2v) is 6.11. The van der Waals surface area contributed by atoms with E-state index in [-0.39, 0.29) is 5.91 Å². The van der Waals surface area contributed by atoms with Crippen LogP contribution in [0.3, 0.4) is 0 Å². The van der Waals surface area contributed by atoms with E-state index in [1.807, 2.05) is 12.1 Å². The van der Waals surface area contributed by atoms with E-state index in [0.29, 0.717) is 25.9 Å². The average molecular weight is 309 g/mol. The number of aliphatic hydroxyl groups excluding tert-OH is 1. The SMILES string of the molecule is CN1CCN(CC(O)CN(C)C(=O)CCc2ccco2)CC1. The van der Waals surface area contributed by atoms with Gasteiger partial charge in [-0.3, -0.25) is 9.69 Å². The molecule has 6 nitrogen and oxygen atoms in total. The van der Waals surface area contributed by atoms with Gasteiger partial charge in [0, 0.05) is 59.2 Å². The number of hydrogen-bond acceptors (Lipinski definition) is 5. The number of nitrogens with zero attached hydrogens (tertiary/aromatic N) is 3. The van der Waals surface area contributed by atoms with Crippen LogP contribution in [0, 0.1) is 0 Å². The third kappa shape index (κ3) is 5.44. The first-order chi connectivity index (χ1) is 10.5. The minimum atomic E-state index is -0.499. The Labute approximate surface area is 132 Å². The van der Waals surface area contributed by atoms with Gasteiger partial charge in [0.05, 0.1) is 12.4 Å². The summed E-state index contributed by atoms with van der Waals surface area (Å²) in [6.45, 7) is 5.02. The zero-order chi connectivity index (χ0) is 15.9. The topological polar surface area (TPSA) is 60.2 Å². The van der Waals surface area contributed by atoms with Crippen molar-refractivity contribution < 1.29 is 14.3 Å². The molecule has 0 aromatic carbocycles. The number of hydrogen-bond donors (Lipinski definition) is 1. The molecule has 1 unspecified atom stereocenters. The van der Waals surface area contributed by atoms with E-state index in [4.69, 9.17) is 4.42 Å². The number of aliphatic hydroxyl groups is 1. The van der Waals surface area contributed by atoms with E-state index >= 15 is 0 Å². The summed E-state index contributed by atoms with van der Waals surface area (Å²) in [5.41, 5.74) is 0. The van der Waals surface area contributed by atoms with Crippen LogP contribution in [0.1, 0.15) is 12.2 Å². The van der Waals surface area contributed by atoms with Gasteiger partial charge in [0.15, 0.2) is 0 Å². The van der Waals surface area contributed by atoms with Crippen molar-refractivity contribution in [3.63, 3.8) is 0 Å². The first kappa shape index (κ1) is 17.0. The van der Waals surface area contributed by atoms with Gasteiger partial charge in [0.25, 0.3) is 0 Å². The van der Waals surface area contributed by atoms with Gasteiger partial charge in [-0.05, 0) is 19.2 Å². The molecule has 1 N–H and O–H groups in total. The molecule has 0 bridgehead atoms. The lowest BCUT2D eigenvalue weighted by Gasteiger charge is -2.34. The molecule has 1 fully saturated rings. The molecule has 124 valence electrons. The molecule has 1 aliphatic heterocycles. The van der Waals surface area contributed by atoms with Crippen molar-refractivity contribution in [1.29, 1.82) is 0 Å². The van der Waals surface area contributed by atoms with Crippen LogP contribution >= 0.6 is 0 Å². The van der Waals surface area contributed by atoms with Gasteiger partial charge in [-0.15, -0.1) is 0 Å². The monoisotopic (exact) mass is 309 g/mol. The van der Waals surface area contributed by atoms with Gasteiger partial charge in [-0.2, -0.15) is 0 Å². The van der Waals surface area contributed by atoms with E-state index in [1.54, 1.807) is 18.2 Å². The molecule has 2 rings (SSSR count). The van der Waals surface area contributed by atoms with Crippen molar-refractivity contribution in [2.45, 2.75) is 18.9 Å². The lowest BCUT2D eigenvalue weighted by molar-refractivity contribution is -0.131. The predicted octanol–water partition coefficient (Wildman–Crippen LogP) is 0.279. The Morgan fingerprint density at radius 3 is 2.77 bits per heavy atom.